The van der Waals surface area contributed by atoms with Crippen LogP contribution in [0.5, 0.6) is 5.75 Å². The predicted octanol–water partition coefficient (Wildman–Crippen LogP) is 2.34. The standard InChI is InChI=1S/C19H31N3O3/c1-21-11-4-6-17(15-21)20-19(23)22(12-5-13-24-2)14-16-7-9-18(25-3)10-8-16/h7-10,17H,4-6,11-15H2,1-3H3,(H,20,23). The third kappa shape index (κ3) is 6.55. The van der Waals surface area contributed by atoms with E-state index in [-0.39, 0.29) is 12.1 Å². The van der Waals surface area contributed by atoms with Crippen molar-refractivity contribution in [3.05, 3.63) is 29.8 Å². The number of piperidine rings is 1. The van der Waals surface area contributed by atoms with E-state index in [1.165, 1.54) is 0 Å². The minimum absolute atomic E-state index is 0.00669. The maximum atomic E-state index is 12.8. The van der Waals surface area contributed by atoms with Crippen molar-refractivity contribution in [1.29, 1.82) is 0 Å². The number of carbonyl (C=O) groups excluding carboxylic acids is 1. The maximum Gasteiger partial charge on any atom is 0.317 e. The van der Waals surface area contributed by atoms with Gasteiger partial charge in [0.05, 0.1) is 7.11 Å². The highest BCUT2D eigenvalue weighted by atomic mass is 16.5. The number of urea groups is 1. The first-order valence-corrected chi connectivity index (χ1v) is 8.98. The zero-order chi connectivity index (χ0) is 18.1. The number of nitrogens with zero attached hydrogens (tertiary/aromatic N) is 2. The summed E-state index contributed by atoms with van der Waals surface area (Å²) in [5, 5.41) is 3.20. The molecule has 1 aliphatic heterocycles. The second-order valence-corrected chi connectivity index (χ2v) is 6.67. The van der Waals surface area contributed by atoms with Gasteiger partial charge in [-0.2, -0.15) is 0 Å². The van der Waals surface area contributed by atoms with E-state index >= 15 is 0 Å². The Kier molecular flexibility index (Phi) is 8.01. The number of hydrogen-bond acceptors (Lipinski definition) is 4. The lowest BCUT2D eigenvalue weighted by molar-refractivity contribution is 0.158. The summed E-state index contributed by atoms with van der Waals surface area (Å²) in [5.74, 6) is 0.823. The molecule has 140 valence electrons. The number of likely N-dealkylation sites (tertiary alicyclic amines) is 1. The van der Waals surface area contributed by atoms with Crippen LogP contribution in [0.1, 0.15) is 24.8 Å². The van der Waals surface area contributed by atoms with Crippen LogP contribution in [-0.2, 0) is 11.3 Å². The molecule has 0 aromatic heterocycles. The molecule has 0 bridgehead atoms. The Hall–Kier alpha value is -1.79. The van der Waals surface area contributed by atoms with Gasteiger partial charge in [-0.15, -0.1) is 0 Å². The minimum atomic E-state index is 0.00669. The van der Waals surface area contributed by atoms with Crippen molar-refractivity contribution in [3.63, 3.8) is 0 Å². The van der Waals surface area contributed by atoms with Gasteiger partial charge >= 0.3 is 6.03 Å². The topological polar surface area (TPSA) is 54.0 Å². The Balaban J connectivity index is 1.96. The molecule has 1 heterocycles. The Morgan fingerprint density at radius 1 is 1.32 bits per heavy atom. The van der Waals surface area contributed by atoms with Gasteiger partial charge in [-0.05, 0) is 50.6 Å². The van der Waals surface area contributed by atoms with Gasteiger partial charge in [-0.3, -0.25) is 0 Å². The molecule has 1 atom stereocenters. The molecular weight excluding hydrogens is 318 g/mol. The lowest BCUT2D eigenvalue weighted by Crippen LogP contribution is -2.50. The summed E-state index contributed by atoms with van der Waals surface area (Å²) in [7, 11) is 5.44. The van der Waals surface area contributed by atoms with Gasteiger partial charge in [-0.1, -0.05) is 12.1 Å². The quantitative estimate of drug-likeness (QED) is 0.732. The first kappa shape index (κ1) is 19.5. The fourth-order valence-corrected chi connectivity index (χ4v) is 3.15. The van der Waals surface area contributed by atoms with Gasteiger partial charge in [0.25, 0.3) is 0 Å². The van der Waals surface area contributed by atoms with Crippen molar-refractivity contribution in [2.75, 3.05) is 47.5 Å². The molecule has 1 unspecified atom stereocenters. The zero-order valence-corrected chi connectivity index (χ0v) is 15.7. The number of hydrogen-bond donors (Lipinski definition) is 1. The van der Waals surface area contributed by atoms with Crippen LogP contribution in [-0.4, -0.2) is 69.4 Å². The summed E-state index contributed by atoms with van der Waals surface area (Å²) in [5.41, 5.74) is 1.09. The van der Waals surface area contributed by atoms with E-state index in [2.05, 4.69) is 17.3 Å². The summed E-state index contributed by atoms with van der Waals surface area (Å²) in [6, 6.07) is 8.10. The van der Waals surface area contributed by atoms with Crippen LogP contribution in [0.2, 0.25) is 0 Å². The fraction of sp³-hybridized carbons (Fsp3) is 0.632. The molecule has 2 rings (SSSR count). The van der Waals surface area contributed by atoms with Crippen molar-refractivity contribution in [3.8, 4) is 5.75 Å². The highest BCUT2D eigenvalue weighted by molar-refractivity contribution is 5.74. The molecule has 6 nitrogen and oxygen atoms in total. The molecule has 1 saturated heterocycles. The predicted molar refractivity (Wildman–Crippen MR) is 98.9 cm³/mol. The molecule has 1 fully saturated rings. The second kappa shape index (κ2) is 10.3. The molecule has 1 N–H and O–H groups in total. The summed E-state index contributed by atoms with van der Waals surface area (Å²) in [4.78, 5) is 16.9. The number of nitrogens with one attached hydrogen (secondary N) is 1. The smallest absolute Gasteiger partial charge is 0.317 e. The zero-order valence-electron chi connectivity index (χ0n) is 15.7. The van der Waals surface area contributed by atoms with Crippen molar-refractivity contribution < 1.29 is 14.3 Å². The van der Waals surface area contributed by atoms with Crippen LogP contribution in [0.4, 0.5) is 4.79 Å². The molecule has 0 spiro atoms. The molecule has 25 heavy (non-hydrogen) atoms. The van der Waals surface area contributed by atoms with E-state index in [4.69, 9.17) is 9.47 Å². The maximum absolute atomic E-state index is 12.8. The number of likely N-dealkylation sites (N-methyl/N-ethyl adjacent to an activating group) is 1. The molecule has 6 heteroatoms. The van der Waals surface area contributed by atoms with E-state index in [1.807, 2.05) is 29.2 Å². The second-order valence-electron chi connectivity index (χ2n) is 6.67. The fourth-order valence-electron chi connectivity index (χ4n) is 3.15. The monoisotopic (exact) mass is 349 g/mol. The van der Waals surface area contributed by atoms with Crippen LogP contribution < -0.4 is 10.1 Å². The van der Waals surface area contributed by atoms with Gasteiger partial charge < -0.3 is 24.6 Å². The lowest BCUT2D eigenvalue weighted by Gasteiger charge is -2.32. The SMILES string of the molecule is COCCCN(Cc1ccc(OC)cc1)C(=O)NC1CCCN(C)C1. The Morgan fingerprint density at radius 3 is 2.72 bits per heavy atom. The molecule has 0 saturated carbocycles. The average Bonchev–Trinajstić information content (AvgIpc) is 2.61. The van der Waals surface area contributed by atoms with Crippen molar-refractivity contribution in [2.24, 2.45) is 0 Å². The summed E-state index contributed by atoms with van der Waals surface area (Å²) < 4.78 is 10.3. The number of rotatable bonds is 8. The van der Waals surface area contributed by atoms with Crippen molar-refractivity contribution in [1.82, 2.24) is 15.1 Å². The van der Waals surface area contributed by atoms with Gasteiger partial charge in [0.2, 0.25) is 0 Å². The molecule has 1 aromatic carbocycles. The lowest BCUT2D eigenvalue weighted by atomic mass is 10.1. The van der Waals surface area contributed by atoms with Crippen LogP contribution in [0, 0.1) is 0 Å². The van der Waals surface area contributed by atoms with Crippen molar-refractivity contribution in [2.45, 2.75) is 31.8 Å². The van der Waals surface area contributed by atoms with Gasteiger partial charge in [0, 0.05) is 39.4 Å². The summed E-state index contributed by atoms with van der Waals surface area (Å²) in [6.45, 7) is 3.94. The van der Waals surface area contributed by atoms with Gasteiger partial charge in [0.1, 0.15) is 5.75 Å². The molecule has 1 aliphatic rings. The van der Waals surface area contributed by atoms with E-state index in [1.54, 1.807) is 14.2 Å². The van der Waals surface area contributed by atoms with Crippen LogP contribution >= 0.6 is 0 Å². The molecular formula is C19H31N3O3. The molecule has 1 aromatic rings. The third-order valence-corrected chi connectivity index (χ3v) is 4.55. The number of methoxy groups -OCH3 is 2. The van der Waals surface area contributed by atoms with E-state index in [9.17, 15) is 4.79 Å². The van der Waals surface area contributed by atoms with E-state index in [0.717, 1.165) is 43.7 Å². The summed E-state index contributed by atoms with van der Waals surface area (Å²) >= 11 is 0. The number of amides is 2. The Labute approximate surface area is 151 Å². The number of ether oxygens (including phenoxy) is 2. The summed E-state index contributed by atoms with van der Waals surface area (Å²) in [6.07, 6.45) is 3.00. The van der Waals surface area contributed by atoms with Crippen LogP contribution in [0.3, 0.4) is 0 Å². The largest absolute Gasteiger partial charge is 0.497 e. The molecule has 2 amide bonds. The van der Waals surface area contributed by atoms with Gasteiger partial charge in [0.15, 0.2) is 0 Å². The average molecular weight is 349 g/mol. The Bertz CT molecular complexity index is 521. The van der Waals surface area contributed by atoms with Crippen LogP contribution in [0.25, 0.3) is 0 Å². The van der Waals surface area contributed by atoms with E-state index < -0.39 is 0 Å². The molecule has 0 aliphatic carbocycles. The van der Waals surface area contributed by atoms with E-state index in [0.29, 0.717) is 19.7 Å². The van der Waals surface area contributed by atoms with Crippen molar-refractivity contribution >= 4 is 6.03 Å². The number of benzene rings is 1. The first-order chi connectivity index (χ1) is 12.1. The first-order valence-electron chi connectivity index (χ1n) is 8.98. The van der Waals surface area contributed by atoms with Gasteiger partial charge in [-0.25, -0.2) is 4.79 Å². The minimum Gasteiger partial charge on any atom is -0.497 e. The molecule has 0 radical (unpaired) electrons. The highest BCUT2D eigenvalue weighted by Gasteiger charge is 2.22. The van der Waals surface area contributed by atoms with Crippen LogP contribution in [0.15, 0.2) is 24.3 Å². The number of carbonyl (C=O) groups is 1. The normalized spacial score (nSPS) is 18.0. The third-order valence-electron chi connectivity index (χ3n) is 4.55. The highest BCUT2D eigenvalue weighted by Crippen LogP contribution is 2.14. The Morgan fingerprint density at radius 2 is 2.08 bits per heavy atom.